The van der Waals surface area contributed by atoms with Gasteiger partial charge in [-0.3, -0.25) is 0 Å². The van der Waals surface area contributed by atoms with Crippen LogP contribution in [0.1, 0.15) is 12.8 Å². The van der Waals surface area contributed by atoms with Gasteiger partial charge in [0.1, 0.15) is 18.0 Å². The standard InChI is InChI=1S/C17H18N8S/c1-19-13-7-14(22-10-21-13)24-16-15-12(4-5-20-16)23-17(26-15)25-6-2-3-11(8-18)9-25/h4-5,7,10-11H,2-3,6,9H2,1H3,(H2,19,20,21,22,24). The molecule has 4 rings (SSSR count). The molecule has 2 N–H and O–H groups in total. The minimum absolute atomic E-state index is 0.0764. The second-order valence-corrected chi connectivity index (χ2v) is 7.06. The molecule has 0 radical (unpaired) electrons. The molecular formula is C17H18N8S. The minimum Gasteiger partial charge on any atom is -0.373 e. The summed E-state index contributed by atoms with van der Waals surface area (Å²) in [6.45, 7) is 1.68. The Kier molecular flexibility index (Phi) is 4.50. The van der Waals surface area contributed by atoms with E-state index in [4.69, 9.17) is 4.98 Å². The number of piperidine rings is 1. The van der Waals surface area contributed by atoms with Gasteiger partial charge in [0.15, 0.2) is 10.9 Å². The van der Waals surface area contributed by atoms with Gasteiger partial charge in [-0.05, 0) is 18.9 Å². The van der Waals surface area contributed by atoms with Crippen molar-refractivity contribution < 1.29 is 0 Å². The summed E-state index contributed by atoms with van der Waals surface area (Å²) in [5.41, 5.74) is 0.893. The monoisotopic (exact) mass is 366 g/mol. The molecule has 8 nitrogen and oxygen atoms in total. The first-order valence-electron chi connectivity index (χ1n) is 8.44. The van der Waals surface area contributed by atoms with Crippen LogP contribution in [0.25, 0.3) is 10.2 Å². The van der Waals surface area contributed by atoms with Gasteiger partial charge in [0, 0.05) is 32.4 Å². The molecule has 1 atom stereocenters. The topological polar surface area (TPSA) is 103 Å². The van der Waals surface area contributed by atoms with E-state index in [1.165, 1.54) is 6.33 Å². The van der Waals surface area contributed by atoms with E-state index < -0.39 is 0 Å². The van der Waals surface area contributed by atoms with E-state index >= 15 is 0 Å². The van der Waals surface area contributed by atoms with Crippen molar-refractivity contribution in [1.82, 2.24) is 19.9 Å². The molecule has 0 aromatic carbocycles. The summed E-state index contributed by atoms with van der Waals surface area (Å²) in [7, 11) is 1.81. The quantitative estimate of drug-likeness (QED) is 0.726. The molecule has 0 aliphatic carbocycles. The Bertz CT molecular complexity index is 963. The number of aromatic nitrogens is 4. The van der Waals surface area contributed by atoms with E-state index in [-0.39, 0.29) is 5.92 Å². The highest BCUT2D eigenvalue weighted by Crippen LogP contribution is 2.35. The SMILES string of the molecule is CNc1cc(Nc2nccc3nc(N4CCCC(C#N)C4)sc23)ncn1. The van der Waals surface area contributed by atoms with Gasteiger partial charge in [0.2, 0.25) is 0 Å². The average molecular weight is 366 g/mol. The molecule has 26 heavy (non-hydrogen) atoms. The third-order valence-corrected chi connectivity index (χ3v) is 5.48. The second kappa shape index (κ2) is 7.09. The first kappa shape index (κ1) is 16.5. The molecule has 0 saturated carbocycles. The number of hydrogen-bond acceptors (Lipinski definition) is 9. The van der Waals surface area contributed by atoms with E-state index in [9.17, 15) is 5.26 Å². The lowest BCUT2D eigenvalue weighted by Gasteiger charge is -2.28. The third-order valence-electron chi connectivity index (χ3n) is 4.34. The van der Waals surface area contributed by atoms with Crippen LogP contribution in [0, 0.1) is 17.2 Å². The van der Waals surface area contributed by atoms with Gasteiger partial charge in [-0.1, -0.05) is 11.3 Å². The maximum Gasteiger partial charge on any atom is 0.186 e. The van der Waals surface area contributed by atoms with Crippen LogP contribution in [0.3, 0.4) is 0 Å². The molecular weight excluding hydrogens is 348 g/mol. The number of nitrogens with zero attached hydrogens (tertiary/aromatic N) is 6. The molecule has 0 bridgehead atoms. The molecule has 3 aromatic heterocycles. The zero-order chi connectivity index (χ0) is 17.9. The minimum atomic E-state index is 0.0764. The lowest BCUT2D eigenvalue weighted by atomic mass is 10.0. The summed E-state index contributed by atoms with van der Waals surface area (Å²) in [6.07, 6.45) is 5.23. The lowest BCUT2D eigenvalue weighted by molar-refractivity contribution is 0.493. The number of fused-ring (bicyclic) bond motifs is 1. The van der Waals surface area contributed by atoms with Crippen LogP contribution >= 0.6 is 11.3 Å². The average Bonchev–Trinajstić information content (AvgIpc) is 3.14. The zero-order valence-electron chi connectivity index (χ0n) is 14.3. The van der Waals surface area contributed by atoms with E-state index in [2.05, 4.69) is 36.6 Å². The van der Waals surface area contributed by atoms with Gasteiger partial charge in [-0.25, -0.2) is 19.9 Å². The molecule has 1 saturated heterocycles. The van der Waals surface area contributed by atoms with Crippen molar-refractivity contribution in [3.05, 3.63) is 24.7 Å². The first-order valence-corrected chi connectivity index (χ1v) is 9.25. The van der Waals surface area contributed by atoms with Gasteiger partial charge in [0.25, 0.3) is 0 Å². The highest BCUT2D eigenvalue weighted by atomic mass is 32.1. The Balaban J connectivity index is 1.64. The fourth-order valence-electron chi connectivity index (χ4n) is 3.01. The van der Waals surface area contributed by atoms with E-state index in [1.807, 2.05) is 19.2 Å². The predicted molar refractivity (Wildman–Crippen MR) is 103 cm³/mol. The van der Waals surface area contributed by atoms with Crippen molar-refractivity contribution in [2.24, 2.45) is 5.92 Å². The van der Waals surface area contributed by atoms with Crippen molar-refractivity contribution >= 4 is 44.1 Å². The second-order valence-electron chi connectivity index (χ2n) is 6.08. The Hall–Kier alpha value is -2.99. The fourth-order valence-corrected chi connectivity index (χ4v) is 4.05. The molecule has 1 unspecified atom stereocenters. The number of anilines is 4. The van der Waals surface area contributed by atoms with Gasteiger partial charge in [-0.2, -0.15) is 5.26 Å². The molecule has 1 fully saturated rings. The summed E-state index contributed by atoms with van der Waals surface area (Å²) in [4.78, 5) is 19.8. The number of nitriles is 1. The van der Waals surface area contributed by atoms with Crippen LogP contribution in [-0.4, -0.2) is 40.1 Å². The van der Waals surface area contributed by atoms with Crippen molar-refractivity contribution in [3.63, 3.8) is 0 Å². The van der Waals surface area contributed by atoms with Crippen LogP contribution in [0.2, 0.25) is 0 Å². The molecule has 0 spiro atoms. The van der Waals surface area contributed by atoms with Crippen molar-refractivity contribution in [2.75, 3.05) is 35.7 Å². The van der Waals surface area contributed by atoms with Crippen LogP contribution in [0.4, 0.5) is 22.6 Å². The van der Waals surface area contributed by atoms with E-state index in [0.29, 0.717) is 5.82 Å². The van der Waals surface area contributed by atoms with Crippen molar-refractivity contribution in [3.8, 4) is 6.07 Å². The first-order chi connectivity index (χ1) is 12.8. The summed E-state index contributed by atoms with van der Waals surface area (Å²) in [5.74, 6) is 2.20. The summed E-state index contributed by atoms with van der Waals surface area (Å²) >= 11 is 1.59. The lowest BCUT2D eigenvalue weighted by Crippen LogP contribution is -2.34. The third kappa shape index (κ3) is 3.23. The van der Waals surface area contributed by atoms with Crippen molar-refractivity contribution in [1.29, 1.82) is 5.26 Å². The van der Waals surface area contributed by atoms with Gasteiger partial charge in [-0.15, -0.1) is 0 Å². The normalized spacial score (nSPS) is 17.1. The highest BCUT2D eigenvalue weighted by molar-refractivity contribution is 7.22. The van der Waals surface area contributed by atoms with Crippen LogP contribution in [0.15, 0.2) is 24.7 Å². The van der Waals surface area contributed by atoms with Gasteiger partial charge < -0.3 is 15.5 Å². The summed E-state index contributed by atoms with van der Waals surface area (Å²) in [6, 6.07) is 6.11. The largest absolute Gasteiger partial charge is 0.373 e. The Morgan fingerprint density at radius 2 is 2.19 bits per heavy atom. The molecule has 1 aliphatic rings. The maximum absolute atomic E-state index is 9.22. The summed E-state index contributed by atoms with van der Waals surface area (Å²) in [5, 5.41) is 16.4. The van der Waals surface area contributed by atoms with Crippen LogP contribution in [-0.2, 0) is 0 Å². The number of nitrogens with one attached hydrogen (secondary N) is 2. The number of rotatable bonds is 4. The highest BCUT2D eigenvalue weighted by Gasteiger charge is 2.22. The summed E-state index contributed by atoms with van der Waals surface area (Å²) < 4.78 is 0.978. The maximum atomic E-state index is 9.22. The van der Waals surface area contributed by atoms with Gasteiger partial charge >= 0.3 is 0 Å². The molecule has 9 heteroatoms. The Labute approximate surface area is 154 Å². The molecule has 132 valence electrons. The van der Waals surface area contributed by atoms with E-state index in [1.54, 1.807) is 17.5 Å². The van der Waals surface area contributed by atoms with E-state index in [0.717, 1.165) is 52.9 Å². The number of thiazole rings is 1. The Morgan fingerprint density at radius 3 is 3.04 bits per heavy atom. The van der Waals surface area contributed by atoms with Crippen LogP contribution < -0.4 is 15.5 Å². The van der Waals surface area contributed by atoms with Crippen LogP contribution in [0.5, 0.6) is 0 Å². The molecule has 1 aliphatic heterocycles. The number of pyridine rings is 1. The molecule has 4 heterocycles. The van der Waals surface area contributed by atoms with Crippen molar-refractivity contribution in [2.45, 2.75) is 12.8 Å². The predicted octanol–water partition coefficient (Wildman–Crippen LogP) is 3.01. The van der Waals surface area contributed by atoms with Gasteiger partial charge in [0.05, 0.1) is 22.2 Å². The molecule has 3 aromatic rings. The smallest absolute Gasteiger partial charge is 0.186 e. The fraction of sp³-hybridized carbons (Fsp3) is 0.353. The molecule has 0 amide bonds. The Morgan fingerprint density at radius 1 is 1.31 bits per heavy atom. The zero-order valence-corrected chi connectivity index (χ0v) is 15.1. The number of hydrogen-bond donors (Lipinski definition) is 2.